The van der Waals surface area contributed by atoms with Crippen LogP contribution in [-0.2, 0) is 18.8 Å². The summed E-state index contributed by atoms with van der Waals surface area (Å²) < 4.78 is 6.42. The smallest absolute Gasteiger partial charge is 0.237 e. The number of β-lactam (4-membered cyclic amide) rings is 2. The van der Waals surface area contributed by atoms with Gasteiger partial charge in [0, 0.05) is 0 Å². The molecular weight excluding hydrogens is 372 g/mol. The minimum Gasteiger partial charge on any atom is -0.413 e. The first-order valence-electron chi connectivity index (χ1n) is 10.2. The Kier molecular flexibility index (Phi) is 5.48. The molecule has 28 heavy (non-hydrogen) atoms. The Hall–Kier alpha value is -1.21. The van der Waals surface area contributed by atoms with Crippen molar-refractivity contribution < 1.29 is 18.8 Å². The Bertz CT molecular complexity index is 693. The molecule has 6 nitrogen and oxygen atoms in total. The zero-order chi connectivity index (χ0) is 22.0. The van der Waals surface area contributed by atoms with E-state index >= 15 is 0 Å². The number of imide groups is 1. The van der Waals surface area contributed by atoms with E-state index in [1.54, 1.807) is 6.92 Å². The number of nitrogens with one attached hydrogen (secondary N) is 1. The van der Waals surface area contributed by atoms with E-state index < -0.39 is 25.2 Å². The van der Waals surface area contributed by atoms with Crippen LogP contribution in [0.5, 0.6) is 0 Å². The zero-order valence-electron chi connectivity index (χ0n) is 19.4. The third-order valence-electron chi connectivity index (χ3n) is 7.77. The van der Waals surface area contributed by atoms with Gasteiger partial charge in [-0.3, -0.25) is 19.3 Å². The van der Waals surface area contributed by atoms with E-state index in [2.05, 4.69) is 39.2 Å². The molecule has 2 saturated heterocycles. The number of carbonyl (C=O) groups excluding carboxylic acids is 3. The summed E-state index contributed by atoms with van der Waals surface area (Å²) >= 11 is 0. The van der Waals surface area contributed by atoms with Crippen LogP contribution >= 0.6 is 0 Å². The quantitative estimate of drug-likeness (QED) is 0.557. The number of hydrogen-bond acceptors (Lipinski definition) is 4. The van der Waals surface area contributed by atoms with Crippen LogP contribution in [0.2, 0.25) is 18.1 Å². The van der Waals surface area contributed by atoms with Crippen LogP contribution in [0.25, 0.3) is 0 Å². The van der Waals surface area contributed by atoms with Gasteiger partial charge < -0.3 is 9.74 Å². The van der Waals surface area contributed by atoms with Gasteiger partial charge in [-0.1, -0.05) is 27.7 Å². The summed E-state index contributed by atoms with van der Waals surface area (Å²) in [7, 11) is -2.03. The lowest BCUT2D eigenvalue weighted by molar-refractivity contribution is -0.191. The van der Waals surface area contributed by atoms with Crippen LogP contribution in [0, 0.1) is 17.3 Å². The van der Waals surface area contributed by atoms with Gasteiger partial charge in [-0.05, 0) is 52.8 Å². The molecule has 2 rings (SSSR count). The molecule has 0 spiro atoms. The normalized spacial score (nSPS) is 28.8. The molecule has 0 saturated carbocycles. The fraction of sp³-hybridized carbons (Fsp3) is 0.857. The van der Waals surface area contributed by atoms with Crippen LogP contribution in [0.15, 0.2) is 0 Å². The molecule has 1 N–H and O–H groups in total. The lowest BCUT2D eigenvalue weighted by Crippen LogP contribution is -2.77. The molecule has 4 atom stereocenters. The van der Waals surface area contributed by atoms with Crippen molar-refractivity contribution in [2.24, 2.45) is 17.3 Å². The summed E-state index contributed by atoms with van der Waals surface area (Å²) in [5.74, 6) is -1.30. The molecule has 2 heterocycles. The maximum Gasteiger partial charge on any atom is 0.237 e. The van der Waals surface area contributed by atoms with Crippen LogP contribution in [0.4, 0.5) is 0 Å². The largest absolute Gasteiger partial charge is 0.413 e. The Balaban J connectivity index is 2.14. The number of nitrogens with zero attached hydrogens (tertiary/aromatic N) is 1. The average Bonchev–Trinajstić information content (AvgIpc) is 2.49. The van der Waals surface area contributed by atoms with Crippen molar-refractivity contribution in [1.82, 2.24) is 10.2 Å². The first-order chi connectivity index (χ1) is 12.4. The summed E-state index contributed by atoms with van der Waals surface area (Å²) in [6, 6.07) is -0.313. The molecule has 0 aromatic carbocycles. The SMILES string of the molecule is CC(O[Si](C)(C)C(C)(C)C)[C@H]1C(=O)N[C@@H]1[C@@H](C)C(=O)N1C(=O)C(C)(C)C1(C)C. The van der Waals surface area contributed by atoms with Crippen molar-refractivity contribution in [3.05, 3.63) is 0 Å². The minimum atomic E-state index is -2.03. The monoisotopic (exact) mass is 410 g/mol. The van der Waals surface area contributed by atoms with Crippen LogP contribution in [-0.4, -0.2) is 48.6 Å². The van der Waals surface area contributed by atoms with Gasteiger partial charge in [-0.2, -0.15) is 0 Å². The number of likely N-dealkylation sites (tertiary alicyclic amines) is 1. The van der Waals surface area contributed by atoms with E-state index in [-0.39, 0.29) is 40.8 Å². The van der Waals surface area contributed by atoms with Crippen LogP contribution in [0.3, 0.4) is 0 Å². The van der Waals surface area contributed by atoms with E-state index in [0.29, 0.717) is 0 Å². The Morgan fingerprint density at radius 2 is 1.64 bits per heavy atom. The maximum atomic E-state index is 13.1. The first-order valence-corrected chi connectivity index (χ1v) is 13.2. The fourth-order valence-corrected chi connectivity index (χ4v) is 5.26. The average molecular weight is 411 g/mol. The van der Waals surface area contributed by atoms with Gasteiger partial charge in [0.15, 0.2) is 8.32 Å². The molecule has 0 aromatic heterocycles. The fourth-order valence-electron chi connectivity index (χ4n) is 3.83. The molecule has 0 bridgehead atoms. The second-order valence-electron chi connectivity index (χ2n) is 11.1. The van der Waals surface area contributed by atoms with Crippen molar-refractivity contribution in [2.75, 3.05) is 0 Å². The highest BCUT2D eigenvalue weighted by Gasteiger charge is 2.64. The van der Waals surface area contributed by atoms with E-state index in [9.17, 15) is 14.4 Å². The molecule has 3 amide bonds. The van der Waals surface area contributed by atoms with E-state index in [0.717, 1.165) is 0 Å². The first kappa shape index (κ1) is 23.1. The third-order valence-corrected chi connectivity index (χ3v) is 12.3. The lowest BCUT2D eigenvalue weighted by atomic mass is 9.63. The van der Waals surface area contributed by atoms with Crippen LogP contribution < -0.4 is 5.32 Å². The van der Waals surface area contributed by atoms with Crippen LogP contribution in [0.1, 0.15) is 62.3 Å². The molecule has 2 fully saturated rings. The van der Waals surface area contributed by atoms with Gasteiger partial charge in [-0.15, -0.1) is 0 Å². The highest BCUT2D eigenvalue weighted by Crippen LogP contribution is 2.49. The van der Waals surface area contributed by atoms with Crippen molar-refractivity contribution in [3.8, 4) is 0 Å². The van der Waals surface area contributed by atoms with Gasteiger partial charge in [0.25, 0.3) is 0 Å². The minimum absolute atomic E-state index is 0.0398. The molecular formula is C21H38N2O4Si. The summed E-state index contributed by atoms with van der Waals surface area (Å²) in [5.41, 5.74) is -1.11. The topological polar surface area (TPSA) is 75.7 Å². The molecule has 7 heteroatoms. The van der Waals surface area contributed by atoms with Crippen molar-refractivity contribution >= 4 is 26.0 Å². The number of amides is 3. The predicted molar refractivity (Wildman–Crippen MR) is 112 cm³/mol. The lowest BCUT2D eigenvalue weighted by Gasteiger charge is -2.59. The van der Waals surface area contributed by atoms with E-state index in [1.807, 2.05) is 34.6 Å². The van der Waals surface area contributed by atoms with Crippen molar-refractivity contribution in [1.29, 1.82) is 0 Å². The maximum absolute atomic E-state index is 13.1. The predicted octanol–water partition coefficient (Wildman–Crippen LogP) is 3.32. The molecule has 1 unspecified atom stereocenters. The molecule has 2 aliphatic heterocycles. The second-order valence-corrected chi connectivity index (χ2v) is 15.9. The van der Waals surface area contributed by atoms with Gasteiger partial charge in [0.2, 0.25) is 17.7 Å². The highest BCUT2D eigenvalue weighted by atomic mass is 28.4. The van der Waals surface area contributed by atoms with Crippen molar-refractivity contribution in [3.63, 3.8) is 0 Å². The summed E-state index contributed by atoms with van der Waals surface area (Å²) in [4.78, 5) is 39.4. The van der Waals surface area contributed by atoms with Gasteiger partial charge in [0.1, 0.15) is 0 Å². The number of hydrogen-bond donors (Lipinski definition) is 1. The van der Waals surface area contributed by atoms with Gasteiger partial charge >= 0.3 is 0 Å². The number of rotatable bonds is 5. The van der Waals surface area contributed by atoms with E-state index in [1.165, 1.54) is 4.90 Å². The van der Waals surface area contributed by atoms with E-state index in [4.69, 9.17) is 4.43 Å². The molecule has 0 aliphatic carbocycles. The standard InChI is InChI=1S/C21H38N2O4Si/c1-12(17(25)23-18(26)20(6,7)21(23,8)9)15-14(16(24)22-15)13(2)27-28(10,11)19(3,4)5/h12-15H,1-11H3,(H,22,24)/t12-,13?,14-,15-/m1/s1. The Labute approximate surface area is 170 Å². The molecule has 160 valence electrons. The molecule has 2 aliphatic rings. The Morgan fingerprint density at radius 1 is 1.14 bits per heavy atom. The molecule has 0 aromatic rings. The summed E-state index contributed by atoms with van der Waals surface area (Å²) in [6.07, 6.45) is -0.272. The molecule has 0 radical (unpaired) electrons. The van der Waals surface area contributed by atoms with Gasteiger partial charge in [0.05, 0.1) is 34.9 Å². The Morgan fingerprint density at radius 3 is 2.04 bits per heavy atom. The highest BCUT2D eigenvalue weighted by molar-refractivity contribution is 6.74. The zero-order valence-corrected chi connectivity index (χ0v) is 20.4. The van der Waals surface area contributed by atoms with Gasteiger partial charge in [-0.25, -0.2) is 0 Å². The summed E-state index contributed by atoms with van der Waals surface area (Å²) in [6.45, 7) is 22.1. The summed E-state index contributed by atoms with van der Waals surface area (Å²) in [5, 5.41) is 2.92. The second kappa shape index (κ2) is 6.66. The van der Waals surface area contributed by atoms with Crippen molar-refractivity contribution in [2.45, 2.75) is 98.1 Å². The third kappa shape index (κ3) is 3.24. The number of carbonyl (C=O) groups is 3.